The van der Waals surface area contributed by atoms with Crippen molar-refractivity contribution in [1.82, 2.24) is 9.80 Å². The van der Waals surface area contributed by atoms with Crippen LogP contribution < -0.4 is 9.47 Å². The molecule has 5 nitrogen and oxygen atoms in total. The van der Waals surface area contributed by atoms with E-state index in [9.17, 15) is 13.6 Å². The second-order valence-electron chi connectivity index (χ2n) is 6.30. The molecule has 0 aromatic heterocycles. The maximum atomic E-state index is 12.4. The lowest BCUT2D eigenvalue weighted by Crippen LogP contribution is -2.36. The summed E-state index contributed by atoms with van der Waals surface area (Å²) < 4.78 is 33.9. The van der Waals surface area contributed by atoms with Crippen LogP contribution in [0.3, 0.4) is 0 Å². The maximum Gasteiger partial charge on any atom is 0.387 e. The summed E-state index contributed by atoms with van der Waals surface area (Å²) in [5.41, 5.74) is 1.89. The highest BCUT2D eigenvalue weighted by atomic mass is 19.3. The molecular weight excluding hydrogens is 354 g/mol. The molecule has 0 bridgehead atoms. The average Bonchev–Trinajstić information content (AvgIpc) is 2.63. The molecule has 0 aliphatic rings. The first-order valence-corrected chi connectivity index (χ1v) is 8.46. The Morgan fingerprint density at radius 3 is 2.33 bits per heavy atom. The molecule has 0 aliphatic heterocycles. The van der Waals surface area contributed by atoms with E-state index < -0.39 is 6.61 Å². The first-order valence-electron chi connectivity index (χ1n) is 8.46. The number of halogens is 2. The number of likely N-dealkylation sites (N-methyl/N-ethyl adjacent to an activating group) is 2. The standard InChI is InChI=1S/C20H24F2N2O3/c1-23(12-15-7-9-17(10-8-15)27-20(21)22)14-19(25)24(2)13-16-5-4-6-18(11-16)26-3/h4-11,20H,12-14H2,1-3H3. The molecule has 0 spiro atoms. The molecule has 0 saturated carbocycles. The highest BCUT2D eigenvalue weighted by Gasteiger charge is 2.13. The highest BCUT2D eigenvalue weighted by Crippen LogP contribution is 2.16. The van der Waals surface area contributed by atoms with Gasteiger partial charge in [-0.05, 0) is 42.4 Å². The molecule has 0 unspecified atom stereocenters. The van der Waals surface area contributed by atoms with Crippen LogP contribution in [0.25, 0.3) is 0 Å². The van der Waals surface area contributed by atoms with E-state index in [2.05, 4.69) is 4.74 Å². The summed E-state index contributed by atoms with van der Waals surface area (Å²) >= 11 is 0. The fourth-order valence-corrected chi connectivity index (χ4v) is 2.63. The number of rotatable bonds is 9. The minimum absolute atomic E-state index is 0.0158. The Hall–Kier alpha value is -2.67. The Kier molecular flexibility index (Phi) is 7.55. The van der Waals surface area contributed by atoms with Gasteiger partial charge in [-0.2, -0.15) is 8.78 Å². The van der Waals surface area contributed by atoms with E-state index in [1.165, 1.54) is 12.1 Å². The number of carbonyl (C=O) groups is 1. The molecule has 0 atom stereocenters. The zero-order chi connectivity index (χ0) is 19.8. The van der Waals surface area contributed by atoms with Crippen LogP contribution in [0.4, 0.5) is 8.78 Å². The van der Waals surface area contributed by atoms with Crippen molar-refractivity contribution < 1.29 is 23.0 Å². The smallest absolute Gasteiger partial charge is 0.387 e. The van der Waals surface area contributed by atoms with Crippen molar-refractivity contribution in [3.05, 3.63) is 59.7 Å². The van der Waals surface area contributed by atoms with Crippen molar-refractivity contribution in [3.8, 4) is 11.5 Å². The SMILES string of the molecule is COc1cccc(CN(C)C(=O)CN(C)Cc2ccc(OC(F)F)cc2)c1. The molecule has 0 N–H and O–H groups in total. The van der Waals surface area contributed by atoms with Crippen molar-refractivity contribution in [2.75, 3.05) is 27.7 Å². The van der Waals surface area contributed by atoms with Crippen molar-refractivity contribution in [3.63, 3.8) is 0 Å². The van der Waals surface area contributed by atoms with Crippen molar-refractivity contribution in [2.24, 2.45) is 0 Å². The quantitative estimate of drug-likeness (QED) is 0.671. The Balaban J connectivity index is 1.84. The van der Waals surface area contributed by atoms with Gasteiger partial charge in [-0.25, -0.2) is 0 Å². The van der Waals surface area contributed by atoms with Gasteiger partial charge < -0.3 is 14.4 Å². The number of hydrogen-bond acceptors (Lipinski definition) is 4. The molecule has 27 heavy (non-hydrogen) atoms. The largest absolute Gasteiger partial charge is 0.497 e. The van der Waals surface area contributed by atoms with Crippen LogP contribution in [0.2, 0.25) is 0 Å². The van der Waals surface area contributed by atoms with Gasteiger partial charge in [-0.1, -0.05) is 24.3 Å². The minimum atomic E-state index is -2.84. The first kappa shape index (κ1) is 20.6. The zero-order valence-electron chi connectivity index (χ0n) is 15.7. The summed E-state index contributed by atoms with van der Waals surface area (Å²) in [4.78, 5) is 16.0. The third kappa shape index (κ3) is 6.86. The van der Waals surface area contributed by atoms with Crippen LogP contribution in [0.1, 0.15) is 11.1 Å². The van der Waals surface area contributed by atoms with Gasteiger partial charge in [0.1, 0.15) is 11.5 Å². The molecule has 0 fully saturated rings. The molecule has 0 heterocycles. The van der Waals surface area contributed by atoms with Crippen molar-refractivity contribution in [1.29, 1.82) is 0 Å². The van der Waals surface area contributed by atoms with Crippen LogP contribution in [-0.4, -0.2) is 50.1 Å². The summed E-state index contributed by atoms with van der Waals surface area (Å²) in [5, 5.41) is 0. The molecule has 146 valence electrons. The van der Waals surface area contributed by atoms with Gasteiger partial charge in [-0.15, -0.1) is 0 Å². The second kappa shape index (κ2) is 9.87. The van der Waals surface area contributed by atoms with E-state index in [1.54, 1.807) is 31.2 Å². The number of nitrogens with zero attached hydrogens (tertiary/aromatic N) is 2. The Morgan fingerprint density at radius 2 is 1.70 bits per heavy atom. The number of methoxy groups -OCH3 is 1. The predicted octanol–water partition coefficient (Wildman–Crippen LogP) is 3.39. The normalized spacial score (nSPS) is 10.9. The first-order chi connectivity index (χ1) is 12.9. The minimum Gasteiger partial charge on any atom is -0.497 e. The molecule has 0 aliphatic carbocycles. The number of carbonyl (C=O) groups excluding carboxylic acids is 1. The van der Waals surface area contributed by atoms with Crippen molar-refractivity contribution in [2.45, 2.75) is 19.7 Å². The van der Waals surface area contributed by atoms with E-state index in [1.807, 2.05) is 36.2 Å². The topological polar surface area (TPSA) is 42.0 Å². The van der Waals surface area contributed by atoms with Gasteiger partial charge in [0, 0.05) is 20.1 Å². The molecular formula is C20H24F2N2O3. The number of benzene rings is 2. The molecule has 0 saturated heterocycles. The summed E-state index contributed by atoms with van der Waals surface area (Å²) in [7, 11) is 5.20. The van der Waals surface area contributed by atoms with Gasteiger partial charge in [-0.3, -0.25) is 9.69 Å². The third-order valence-electron chi connectivity index (χ3n) is 3.99. The van der Waals surface area contributed by atoms with E-state index in [0.717, 1.165) is 16.9 Å². The molecule has 7 heteroatoms. The van der Waals surface area contributed by atoms with Crippen LogP contribution >= 0.6 is 0 Å². The van der Waals surface area contributed by atoms with E-state index in [4.69, 9.17) is 4.74 Å². The Morgan fingerprint density at radius 1 is 1.00 bits per heavy atom. The molecule has 2 aromatic rings. The number of ether oxygens (including phenoxy) is 2. The number of hydrogen-bond donors (Lipinski definition) is 0. The average molecular weight is 378 g/mol. The van der Waals surface area contributed by atoms with Crippen LogP contribution in [0.5, 0.6) is 11.5 Å². The second-order valence-corrected chi connectivity index (χ2v) is 6.30. The fraction of sp³-hybridized carbons (Fsp3) is 0.350. The lowest BCUT2D eigenvalue weighted by Gasteiger charge is -2.22. The lowest BCUT2D eigenvalue weighted by atomic mass is 10.2. The summed E-state index contributed by atoms with van der Waals surface area (Å²) in [6.45, 7) is -1.58. The van der Waals surface area contributed by atoms with Gasteiger partial charge in [0.15, 0.2) is 0 Å². The van der Waals surface area contributed by atoms with Gasteiger partial charge in [0.05, 0.1) is 13.7 Å². The third-order valence-corrected chi connectivity index (χ3v) is 3.99. The van der Waals surface area contributed by atoms with Crippen LogP contribution in [-0.2, 0) is 17.9 Å². The maximum absolute atomic E-state index is 12.4. The molecule has 0 radical (unpaired) electrons. The van der Waals surface area contributed by atoms with Gasteiger partial charge >= 0.3 is 6.61 Å². The summed E-state index contributed by atoms with van der Waals surface area (Å²) in [6, 6.07) is 14.0. The summed E-state index contributed by atoms with van der Waals surface area (Å²) in [5.74, 6) is 0.855. The fourth-order valence-electron chi connectivity index (χ4n) is 2.63. The lowest BCUT2D eigenvalue weighted by molar-refractivity contribution is -0.131. The van der Waals surface area contributed by atoms with Crippen molar-refractivity contribution >= 4 is 5.91 Å². The number of alkyl halides is 2. The monoisotopic (exact) mass is 378 g/mol. The van der Waals surface area contributed by atoms with E-state index in [-0.39, 0.29) is 18.2 Å². The number of amides is 1. The molecule has 2 aromatic carbocycles. The molecule has 2 rings (SSSR count). The van der Waals surface area contributed by atoms with E-state index in [0.29, 0.717) is 13.1 Å². The van der Waals surface area contributed by atoms with Crippen LogP contribution in [0.15, 0.2) is 48.5 Å². The Labute approximate surface area is 158 Å². The zero-order valence-corrected chi connectivity index (χ0v) is 15.7. The molecule has 1 amide bonds. The van der Waals surface area contributed by atoms with E-state index >= 15 is 0 Å². The summed E-state index contributed by atoms with van der Waals surface area (Å²) in [6.07, 6.45) is 0. The highest BCUT2D eigenvalue weighted by molar-refractivity contribution is 5.78. The van der Waals surface area contributed by atoms with Gasteiger partial charge in [0.2, 0.25) is 5.91 Å². The predicted molar refractivity (Wildman–Crippen MR) is 98.9 cm³/mol. The van der Waals surface area contributed by atoms with Crippen LogP contribution in [0, 0.1) is 0 Å². The van der Waals surface area contributed by atoms with Gasteiger partial charge in [0.25, 0.3) is 0 Å². The Bertz CT molecular complexity index is 738.